The second-order valence-electron chi connectivity index (χ2n) is 5.17. The zero-order valence-electron chi connectivity index (χ0n) is 11.0. The van der Waals surface area contributed by atoms with E-state index in [0.717, 1.165) is 0 Å². The first kappa shape index (κ1) is 13.4. The number of fused-ring (bicyclic) bond motifs is 1. The van der Waals surface area contributed by atoms with Gasteiger partial charge in [-0.2, -0.15) is 0 Å². The third kappa shape index (κ3) is 2.26. The average Bonchev–Trinajstić information content (AvgIpc) is 2.61. The van der Waals surface area contributed by atoms with Gasteiger partial charge >= 0.3 is 11.7 Å². The predicted molar refractivity (Wildman–Crippen MR) is 70.5 cm³/mol. The largest absolute Gasteiger partial charge is 0.478 e. The van der Waals surface area contributed by atoms with Crippen LogP contribution in [0.3, 0.4) is 0 Å². The zero-order chi connectivity index (χ0) is 14.4. The minimum absolute atomic E-state index is 0.100. The van der Waals surface area contributed by atoms with Crippen molar-refractivity contribution in [3.8, 4) is 0 Å². The van der Waals surface area contributed by atoms with E-state index in [2.05, 4.69) is 4.98 Å². The fourth-order valence-electron chi connectivity index (χ4n) is 1.95. The Hall–Kier alpha value is -2.08. The number of aromatic nitrogens is 2. The van der Waals surface area contributed by atoms with Crippen LogP contribution in [0, 0.1) is 0 Å². The number of hydrogen-bond acceptors (Lipinski definition) is 3. The van der Waals surface area contributed by atoms with E-state index < -0.39 is 17.6 Å². The number of H-pyrrole nitrogens is 1. The lowest BCUT2D eigenvalue weighted by Gasteiger charge is -2.26. The second-order valence-corrected chi connectivity index (χ2v) is 5.17. The summed E-state index contributed by atoms with van der Waals surface area (Å²) in [7, 11) is 0. The number of nitrogens with one attached hydrogen (secondary N) is 1. The summed E-state index contributed by atoms with van der Waals surface area (Å²) in [6.45, 7) is 4.91. The van der Waals surface area contributed by atoms with Gasteiger partial charge in [0.2, 0.25) is 0 Å². The smallest absolute Gasteiger partial charge is 0.335 e. The van der Waals surface area contributed by atoms with Gasteiger partial charge in [-0.05, 0) is 39.0 Å². The molecule has 0 aliphatic carbocycles. The fraction of sp³-hybridized carbons (Fsp3) is 0.385. The molecule has 0 aliphatic rings. The van der Waals surface area contributed by atoms with Gasteiger partial charge in [-0.25, -0.2) is 9.59 Å². The van der Waals surface area contributed by atoms with Crippen molar-refractivity contribution in [2.75, 3.05) is 0 Å². The van der Waals surface area contributed by atoms with Crippen LogP contribution in [0.25, 0.3) is 11.0 Å². The monoisotopic (exact) mass is 264 g/mol. The Morgan fingerprint density at radius 2 is 2.05 bits per heavy atom. The highest BCUT2D eigenvalue weighted by atomic mass is 16.4. The van der Waals surface area contributed by atoms with Crippen LogP contribution in [0.4, 0.5) is 0 Å². The number of aliphatic hydroxyl groups is 1. The Labute approximate surface area is 109 Å². The number of aromatic amines is 1. The lowest BCUT2D eigenvalue weighted by Crippen LogP contribution is -2.35. The summed E-state index contributed by atoms with van der Waals surface area (Å²) in [6.07, 6.45) is 0. The SMILES string of the molecule is CC(n1c(=O)[nH]c2ccc(C(=O)O)cc21)C(C)(C)O. The molecule has 0 spiro atoms. The molecule has 3 N–H and O–H groups in total. The van der Waals surface area contributed by atoms with E-state index in [1.807, 2.05) is 0 Å². The Morgan fingerprint density at radius 1 is 1.42 bits per heavy atom. The molecule has 2 aromatic rings. The van der Waals surface area contributed by atoms with Crippen molar-refractivity contribution >= 4 is 17.0 Å². The van der Waals surface area contributed by atoms with E-state index in [9.17, 15) is 14.7 Å². The number of aromatic carboxylic acids is 1. The van der Waals surface area contributed by atoms with E-state index in [-0.39, 0.29) is 11.3 Å². The van der Waals surface area contributed by atoms with Gasteiger partial charge < -0.3 is 15.2 Å². The Balaban J connectivity index is 2.73. The summed E-state index contributed by atoms with van der Waals surface area (Å²) in [6, 6.07) is 3.92. The van der Waals surface area contributed by atoms with Crippen molar-refractivity contribution in [2.24, 2.45) is 0 Å². The van der Waals surface area contributed by atoms with Gasteiger partial charge in [-0.15, -0.1) is 0 Å². The van der Waals surface area contributed by atoms with E-state index in [1.54, 1.807) is 26.8 Å². The molecule has 19 heavy (non-hydrogen) atoms. The van der Waals surface area contributed by atoms with Crippen LogP contribution in [0.1, 0.15) is 37.2 Å². The molecular weight excluding hydrogens is 248 g/mol. The highest BCUT2D eigenvalue weighted by molar-refractivity contribution is 5.92. The first-order valence-electron chi connectivity index (χ1n) is 5.91. The highest BCUT2D eigenvalue weighted by Crippen LogP contribution is 2.24. The Bertz CT molecular complexity index is 691. The predicted octanol–water partition coefficient (Wildman–Crippen LogP) is 1.36. The van der Waals surface area contributed by atoms with Crippen LogP contribution in [-0.2, 0) is 0 Å². The van der Waals surface area contributed by atoms with Crippen LogP contribution in [0.2, 0.25) is 0 Å². The van der Waals surface area contributed by atoms with Crippen LogP contribution >= 0.6 is 0 Å². The van der Waals surface area contributed by atoms with Crippen LogP contribution in [-0.4, -0.2) is 31.3 Å². The number of hydrogen-bond donors (Lipinski definition) is 3. The van der Waals surface area contributed by atoms with E-state index in [0.29, 0.717) is 11.0 Å². The maximum atomic E-state index is 12.0. The molecule has 0 saturated carbocycles. The molecule has 6 heteroatoms. The van der Waals surface area contributed by atoms with E-state index >= 15 is 0 Å². The van der Waals surface area contributed by atoms with Gasteiger partial charge in [0.15, 0.2) is 0 Å². The van der Waals surface area contributed by atoms with Gasteiger partial charge in [0, 0.05) is 0 Å². The minimum atomic E-state index is -1.10. The van der Waals surface area contributed by atoms with Crippen molar-refractivity contribution < 1.29 is 15.0 Å². The standard InChI is InChI=1S/C13H16N2O4/c1-7(13(2,3)19)15-10-6-8(11(16)17)4-5-9(10)14-12(15)18/h4-7,19H,1-3H3,(H,14,18)(H,16,17). The molecule has 0 saturated heterocycles. The molecule has 102 valence electrons. The lowest BCUT2D eigenvalue weighted by molar-refractivity contribution is 0.0308. The second kappa shape index (κ2) is 4.24. The van der Waals surface area contributed by atoms with Crippen LogP contribution < -0.4 is 5.69 Å². The molecule has 1 heterocycles. The summed E-state index contributed by atoms with van der Waals surface area (Å²) < 4.78 is 1.38. The van der Waals surface area contributed by atoms with Gasteiger partial charge in [0.05, 0.1) is 28.2 Å². The number of nitrogens with zero attached hydrogens (tertiary/aromatic N) is 1. The molecule has 0 bridgehead atoms. The molecule has 1 aromatic heterocycles. The summed E-state index contributed by atoms with van der Waals surface area (Å²) in [5.74, 6) is -1.06. The lowest BCUT2D eigenvalue weighted by atomic mass is 10.0. The molecule has 0 radical (unpaired) electrons. The first-order chi connectivity index (χ1) is 8.71. The van der Waals surface area contributed by atoms with Crippen molar-refractivity contribution in [1.29, 1.82) is 0 Å². The van der Waals surface area contributed by atoms with Gasteiger partial charge in [0.1, 0.15) is 0 Å². The first-order valence-corrected chi connectivity index (χ1v) is 5.91. The molecular formula is C13H16N2O4. The molecule has 0 amide bonds. The highest BCUT2D eigenvalue weighted by Gasteiger charge is 2.27. The summed E-state index contributed by atoms with van der Waals surface area (Å²) in [5.41, 5.74) is -0.348. The molecule has 0 aliphatic heterocycles. The van der Waals surface area contributed by atoms with Crippen molar-refractivity contribution in [2.45, 2.75) is 32.4 Å². The molecule has 2 rings (SSSR count). The Kier molecular flexibility index (Phi) is 2.98. The maximum Gasteiger partial charge on any atom is 0.335 e. The molecule has 1 aromatic carbocycles. The number of imidazole rings is 1. The van der Waals surface area contributed by atoms with Crippen LogP contribution in [0.15, 0.2) is 23.0 Å². The summed E-state index contributed by atoms with van der Waals surface area (Å²) in [5, 5.41) is 19.0. The van der Waals surface area contributed by atoms with Crippen molar-refractivity contribution in [3.63, 3.8) is 0 Å². The number of benzene rings is 1. The number of rotatable bonds is 3. The average molecular weight is 264 g/mol. The number of carbonyl (C=O) groups is 1. The molecule has 1 atom stereocenters. The van der Waals surface area contributed by atoms with E-state index in [4.69, 9.17) is 5.11 Å². The van der Waals surface area contributed by atoms with E-state index in [1.165, 1.54) is 16.7 Å². The topological polar surface area (TPSA) is 95.3 Å². The normalized spacial score (nSPS) is 13.7. The Morgan fingerprint density at radius 3 is 2.58 bits per heavy atom. The maximum absolute atomic E-state index is 12.0. The van der Waals surface area contributed by atoms with Gasteiger partial charge in [-0.3, -0.25) is 4.57 Å². The van der Waals surface area contributed by atoms with Gasteiger partial charge in [0.25, 0.3) is 0 Å². The third-order valence-electron chi connectivity index (χ3n) is 3.37. The molecule has 0 fully saturated rings. The van der Waals surface area contributed by atoms with Crippen molar-refractivity contribution in [3.05, 3.63) is 34.2 Å². The molecule has 6 nitrogen and oxygen atoms in total. The number of carboxylic acids is 1. The molecule has 1 unspecified atom stereocenters. The number of carboxylic acid groups (broad SMARTS) is 1. The van der Waals surface area contributed by atoms with Crippen LogP contribution in [0.5, 0.6) is 0 Å². The third-order valence-corrected chi connectivity index (χ3v) is 3.37. The summed E-state index contributed by atoms with van der Waals surface area (Å²) in [4.78, 5) is 25.6. The van der Waals surface area contributed by atoms with Crippen molar-refractivity contribution in [1.82, 2.24) is 9.55 Å². The fourth-order valence-corrected chi connectivity index (χ4v) is 1.95. The van der Waals surface area contributed by atoms with Gasteiger partial charge in [-0.1, -0.05) is 0 Å². The minimum Gasteiger partial charge on any atom is -0.478 e. The zero-order valence-corrected chi connectivity index (χ0v) is 11.0. The summed E-state index contributed by atoms with van der Waals surface area (Å²) >= 11 is 0. The quantitative estimate of drug-likeness (QED) is 0.780.